The zero-order valence-electron chi connectivity index (χ0n) is 11.6. The third kappa shape index (κ3) is 2.75. The molecule has 0 saturated heterocycles. The smallest absolute Gasteiger partial charge is 0.248 e. The lowest BCUT2D eigenvalue weighted by atomic mass is 10.0. The second-order valence-electron chi connectivity index (χ2n) is 6.08. The van der Waals surface area contributed by atoms with Crippen molar-refractivity contribution < 1.29 is 13.2 Å². The molecule has 21 heavy (non-hydrogen) atoms. The van der Waals surface area contributed by atoms with Gasteiger partial charge in [0.05, 0.1) is 5.69 Å². The van der Waals surface area contributed by atoms with Crippen LogP contribution in [-0.2, 0) is 10.0 Å². The maximum absolute atomic E-state index is 12.3. The molecule has 0 aromatic heterocycles. The van der Waals surface area contributed by atoms with Crippen molar-refractivity contribution in [2.75, 3.05) is 12.3 Å². The normalized spacial score (nSPS) is 20.2. The number of nitrogens with two attached hydrogens (primary N) is 2. The number of hydrogen-bond donors (Lipinski definition) is 3. The Balaban J connectivity index is 1.76. The highest BCUT2D eigenvalue weighted by atomic mass is 32.2. The Morgan fingerprint density at radius 2 is 2.00 bits per heavy atom. The fourth-order valence-corrected chi connectivity index (χ4v) is 4.10. The molecule has 3 rings (SSSR count). The predicted octanol–water partition coefficient (Wildman–Crippen LogP) is 0.836. The van der Waals surface area contributed by atoms with Crippen molar-refractivity contribution in [1.29, 1.82) is 0 Å². The van der Waals surface area contributed by atoms with Gasteiger partial charge in [-0.3, -0.25) is 4.79 Å². The number of anilines is 1. The molecule has 0 aliphatic heterocycles. The van der Waals surface area contributed by atoms with E-state index in [1.807, 2.05) is 0 Å². The molecule has 6 nitrogen and oxygen atoms in total. The molecule has 2 saturated carbocycles. The monoisotopic (exact) mass is 309 g/mol. The van der Waals surface area contributed by atoms with Crippen molar-refractivity contribution in [3.63, 3.8) is 0 Å². The Labute approximate surface area is 123 Å². The van der Waals surface area contributed by atoms with E-state index in [9.17, 15) is 13.2 Å². The number of amides is 1. The van der Waals surface area contributed by atoms with Crippen LogP contribution in [0.25, 0.3) is 0 Å². The first-order valence-corrected chi connectivity index (χ1v) is 8.51. The minimum absolute atomic E-state index is 0.000836. The second kappa shape index (κ2) is 4.71. The molecule has 0 atom stereocenters. The molecule has 1 aromatic rings. The zero-order valence-corrected chi connectivity index (χ0v) is 12.4. The van der Waals surface area contributed by atoms with Crippen molar-refractivity contribution in [3.8, 4) is 0 Å². The Morgan fingerprint density at radius 3 is 2.48 bits per heavy atom. The lowest BCUT2D eigenvalue weighted by Crippen LogP contribution is -2.31. The number of primary amides is 1. The van der Waals surface area contributed by atoms with Gasteiger partial charge in [0.15, 0.2) is 0 Å². The summed E-state index contributed by atoms with van der Waals surface area (Å²) in [4.78, 5) is 11.1. The van der Waals surface area contributed by atoms with Gasteiger partial charge in [-0.1, -0.05) is 0 Å². The van der Waals surface area contributed by atoms with E-state index < -0.39 is 15.9 Å². The summed E-state index contributed by atoms with van der Waals surface area (Å²) in [6.45, 7) is 0.469. The average molecular weight is 309 g/mol. The summed E-state index contributed by atoms with van der Waals surface area (Å²) >= 11 is 0. The number of nitrogens with one attached hydrogen (secondary N) is 1. The highest BCUT2D eigenvalue weighted by Gasteiger charge is 2.53. The van der Waals surface area contributed by atoms with E-state index in [2.05, 4.69) is 4.72 Å². The van der Waals surface area contributed by atoms with E-state index in [1.54, 1.807) is 0 Å². The predicted molar refractivity (Wildman–Crippen MR) is 79.0 cm³/mol. The minimum atomic E-state index is -3.66. The number of sulfonamides is 1. The van der Waals surface area contributed by atoms with Gasteiger partial charge >= 0.3 is 0 Å². The summed E-state index contributed by atoms with van der Waals surface area (Å²) in [5.74, 6) is 0.0408. The molecule has 2 aliphatic rings. The van der Waals surface area contributed by atoms with E-state index in [0.717, 1.165) is 12.8 Å². The molecule has 7 heteroatoms. The van der Waals surface area contributed by atoms with Crippen molar-refractivity contribution in [2.45, 2.75) is 30.6 Å². The summed E-state index contributed by atoms with van der Waals surface area (Å²) in [6, 6.07) is 4.00. The highest BCUT2D eigenvalue weighted by Crippen LogP contribution is 2.60. The first kappa shape index (κ1) is 14.3. The Kier molecular flexibility index (Phi) is 3.22. The lowest BCUT2D eigenvalue weighted by Gasteiger charge is -2.16. The molecule has 2 aliphatic carbocycles. The largest absolute Gasteiger partial charge is 0.398 e. The molecule has 0 radical (unpaired) electrons. The number of carbonyl (C=O) groups is 1. The van der Waals surface area contributed by atoms with Crippen LogP contribution in [0.3, 0.4) is 0 Å². The van der Waals surface area contributed by atoms with Gasteiger partial charge < -0.3 is 11.5 Å². The molecule has 0 spiro atoms. The van der Waals surface area contributed by atoms with Crippen molar-refractivity contribution in [1.82, 2.24) is 4.72 Å². The van der Waals surface area contributed by atoms with Crippen molar-refractivity contribution in [3.05, 3.63) is 23.8 Å². The molecule has 0 bridgehead atoms. The zero-order chi connectivity index (χ0) is 15.3. The van der Waals surface area contributed by atoms with E-state index >= 15 is 0 Å². The number of carbonyl (C=O) groups excluding carboxylic acids is 1. The van der Waals surface area contributed by atoms with Crippen LogP contribution < -0.4 is 16.2 Å². The quantitative estimate of drug-likeness (QED) is 0.675. The molecule has 1 aromatic carbocycles. The maximum atomic E-state index is 12.3. The van der Waals surface area contributed by atoms with E-state index in [4.69, 9.17) is 11.5 Å². The molecule has 0 unspecified atom stereocenters. The average Bonchev–Trinajstić information content (AvgIpc) is 3.26. The van der Waals surface area contributed by atoms with E-state index in [1.165, 1.54) is 31.0 Å². The van der Waals surface area contributed by atoms with Gasteiger partial charge in [0, 0.05) is 12.1 Å². The van der Waals surface area contributed by atoms with Gasteiger partial charge in [-0.25, -0.2) is 13.1 Å². The maximum Gasteiger partial charge on any atom is 0.248 e. The van der Waals surface area contributed by atoms with Crippen LogP contribution >= 0.6 is 0 Å². The van der Waals surface area contributed by atoms with E-state index in [-0.39, 0.29) is 21.6 Å². The first-order chi connectivity index (χ1) is 9.84. The minimum Gasteiger partial charge on any atom is -0.398 e. The van der Waals surface area contributed by atoms with Crippen LogP contribution in [0.5, 0.6) is 0 Å². The Morgan fingerprint density at radius 1 is 1.33 bits per heavy atom. The van der Waals surface area contributed by atoms with E-state index in [0.29, 0.717) is 12.5 Å². The van der Waals surface area contributed by atoms with Crippen LogP contribution in [0, 0.1) is 11.3 Å². The summed E-state index contributed by atoms with van der Waals surface area (Å²) in [5, 5.41) is 0. The van der Waals surface area contributed by atoms with Gasteiger partial charge in [0.2, 0.25) is 15.9 Å². The number of benzene rings is 1. The van der Waals surface area contributed by atoms with Crippen molar-refractivity contribution >= 4 is 21.6 Å². The summed E-state index contributed by atoms with van der Waals surface area (Å²) in [5.41, 5.74) is 11.3. The molecule has 0 heterocycles. The summed E-state index contributed by atoms with van der Waals surface area (Å²) < 4.78 is 27.4. The van der Waals surface area contributed by atoms with Crippen LogP contribution in [0.2, 0.25) is 0 Å². The topological polar surface area (TPSA) is 115 Å². The Bertz CT molecular complexity index is 691. The highest BCUT2D eigenvalue weighted by molar-refractivity contribution is 7.89. The molecular formula is C14H19N3O3S. The van der Waals surface area contributed by atoms with Gasteiger partial charge in [-0.2, -0.15) is 0 Å². The molecule has 1 amide bonds. The molecule has 5 N–H and O–H groups in total. The standard InChI is InChI=1S/C14H19N3O3S/c15-11-7-9(13(16)18)1-4-12(11)21(19,20)17-8-14(5-6-14)10-2-3-10/h1,4,7,10,17H,2-3,5-6,8,15H2,(H2,16,18). The first-order valence-electron chi connectivity index (χ1n) is 7.03. The van der Waals surface area contributed by atoms with Gasteiger partial charge in [0.25, 0.3) is 0 Å². The summed E-state index contributed by atoms with van der Waals surface area (Å²) in [6.07, 6.45) is 4.60. The molecule has 114 valence electrons. The fraction of sp³-hybridized carbons (Fsp3) is 0.500. The third-order valence-corrected chi connectivity index (χ3v) is 6.01. The van der Waals surface area contributed by atoms with Gasteiger partial charge in [-0.05, 0) is 55.2 Å². The lowest BCUT2D eigenvalue weighted by molar-refractivity contribution is 0.1000. The second-order valence-corrected chi connectivity index (χ2v) is 7.81. The molecular weight excluding hydrogens is 290 g/mol. The SMILES string of the molecule is NC(=O)c1ccc(S(=O)(=O)NCC2(C3CC3)CC2)c(N)c1. The Hall–Kier alpha value is -1.60. The van der Waals surface area contributed by atoms with Crippen LogP contribution in [0.15, 0.2) is 23.1 Å². The van der Waals surface area contributed by atoms with Crippen molar-refractivity contribution in [2.24, 2.45) is 17.1 Å². The van der Waals surface area contributed by atoms with Crippen LogP contribution in [-0.4, -0.2) is 20.9 Å². The summed E-state index contributed by atoms with van der Waals surface area (Å²) in [7, 11) is -3.66. The fourth-order valence-electron chi connectivity index (χ4n) is 2.85. The number of nitrogen functional groups attached to an aromatic ring is 1. The van der Waals surface area contributed by atoms with Gasteiger partial charge in [0.1, 0.15) is 4.90 Å². The van der Waals surface area contributed by atoms with Crippen LogP contribution in [0.4, 0.5) is 5.69 Å². The number of rotatable bonds is 6. The van der Waals surface area contributed by atoms with Gasteiger partial charge in [-0.15, -0.1) is 0 Å². The van der Waals surface area contributed by atoms with Crippen LogP contribution in [0.1, 0.15) is 36.0 Å². The number of hydrogen-bond acceptors (Lipinski definition) is 4. The third-order valence-electron chi connectivity index (χ3n) is 4.53. The molecule has 2 fully saturated rings.